The smallest absolute Gasteiger partial charge is 0.326 e. The van der Waals surface area contributed by atoms with Crippen molar-refractivity contribution in [1.29, 1.82) is 0 Å². The molecule has 430 valence electrons. The number of carbonyl (C=O) groups is 9. The number of unbranched alkanes of at least 4 members (excludes halogenated alkanes) is 1. The number of benzene rings is 2. The van der Waals surface area contributed by atoms with Crippen LogP contribution >= 0.6 is 12.2 Å². The zero-order valence-corrected chi connectivity index (χ0v) is 45.8. The number of hydrogen-bond donors (Lipinski definition) is 10. The third kappa shape index (κ3) is 24.3. The van der Waals surface area contributed by atoms with Gasteiger partial charge in [0.15, 0.2) is 10.9 Å². The molecule has 2 fully saturated rings. The summed E-state index contributed by atoms with van der Waals surface area (Å²) in [5, 5.41) is 30.6. The van der Waals surface area contributed by atoms with E-state index in [0.29, 0.717) is 103 Å². The minimum atomic E-state index is -1.27. The number of amides is 7. The number of Topliss-reactive ketones (excluding diaryl/α,β-unsaturated/α-hetero) is 1. The number of rotatable bonds is 28. The van der Waals surface area contributed by atoms with E-state index in [9.17, 15) is 48.3 Å². The molecule has 1 aliphatic heterocycles. The standard InChI is InChI=1S/C53H81N13O11S/c1-35-6-8-39(9-7-35)29-66(20-4-3-5-44(51(75)76)61-52(77)60-43(36(2)67)18-19-49(72)73)50(74)40-14-10-38(11-15-40)28-58-53(78)59-41-16-12-37(13-17-41)27-42-30-64(33-47(56)70)24-23-62(31-45(54)68)21-22-63(32-46(55)69)25-26-65(42)34-48(57)71/h6-9,12-13,16-17,38,40,42-44H,3-5,10-11,14-15,18-34H2,1-2H3,(H2,54,68)(H2,55,69)(H2,56,70)(H2,57,71)(H,72,73)(H,75,76)(H2,58,59,78)(H2,60,61,77)/t38?,40?,42?,43-,44-/m1/s1. The first-order chi connectivity index (χ1) is 37.0. The molecule has 1 aliphatic carbocycles. The number of thiocarbonyl (C=S) groups is 1. The Kier molecular flexibility index (Phi) is 26.8. The molecule has 0 aromatic heterocycles. The summed E-state index contributed by atoms with van der Waals surface area (Å²) < 4.78 is 0. The van der Waals surface area contributed by atoms with Crippen molar-refractivity contribution in [2.45, 2.75) is 103 Å². The van der Waals surface area contributed by atoms with Crippen molar-refractivity contribution < 1.29 is 53.4 Å². The van der Waals surface area contributed by atoms with Crippen LogP contribution in [0.5, 0.6) is 0 Å². The van der Waals surface area contributed by atoms with Crippen molar-refractivity contribution in [2.24, 2.45) is 34.8 Å². The van der Waals surface area contributed by atoms with Gasteiger partial charge in [0.1, 0.15) is 6.04 Å². The fraction of sp³-hybridized carbons (Fsp3) is 0.585. The van der Waals surface area contributed by atoms with Gasteiger partial charge >= 0.3 is 18.0 Å². The predicted octanol–water partition coefficient (Wildman–Crippen LogP) is -0.0644. The van der Waals surface area contributed by atoms with E-state index in [0.717, 1.165) is 35.2 Å². The molecule has 24 nitrogen and oxygen atoms in total. The molecule has 0 spiro atoms. The van der Waals surface area contributed by atoms with Gasteiger partial charge in [-0.05, 0) is 113 Å². The summed E-state index contributed by atoms with van der Waals surface area (Å²) in [6.07, 6.45) is 3.86. The Morgan fingerprint density at radius 1 is 0.679 bits per heavy atom. The molecule has 1 unspecified atom stereocenters. The van der Waals surface area contributed by atoms with Gasteiger partial charge in [0.2, 0.25) is 29.5 Å². The summed E-state index contributed by atoms with van der Waals surface area (Å²) in [4.78, 5) is 120. The van der Waals surface area contributed by atoms with Crippen LogP contribution in [0.2, 0.25) is 0 Å². The topological polar surface area (TPSA) is 362 Å². The summed E-state index contributed by atoms with van der Waals surface area (Å²) in [5.41, 5.74) is 26.3. The first-order valence-corrected chi connectivity index (χ1v) is 27.0. The second-order valence-corrected chi connectivity index (χ2v) is 21.0. The number of nitrogens with two attached hydrogens (primary N) is 4. The minimum absolute atomic E-state index is 0.0173. The number of ketones is 1. The van der Waals surface area contributed by atoms with Crippen LogP contribution < -0.4 is 44.2 Å². The molecule has 1 saturated carbocycles. The van der Waals surface area contributed by atoms with Gasteiger partial charge in [0.25, 0.3) is 0 Å². The van der Waals surface area contributed by atoms with E-state index in [1.165, 1.54) is 6.92 Å². The molecule has 78 heavy (non-hydrogen) atoms. The fourth-order valence-corrected chi connectivity index (χ4v) is 10.0. The lowest BCUT2D eigenvalue weighted by molar-refractivity contribution is -0.140. The van der Waals surface area contributed by atoms with Crippen molar-refractivity contribution in [1.82, 2.24) is 40.4 Å². The van der Waals surface area contributed by atoms with Crippen LogP contribution in [0, 0.1) is 18.8 Å². The van der Waals surface area contributed by atoms with Crippen LogP contribution in [-0.2, 0) is 51.3 Å². The maximum atomic E-state index is 14.2. The van der Waals surface area contributed by atoms with E-state index in [4.69, 9.17) is 40.3 Å². The number of carbonyl (C=O) groups excluding carboxylic acids is 7. The molecule has 0 radical (unpaired) electrons. The third-order valence-corrected chi connectivity index (χ3v) is 14.4. The summed E-state index contributed by atoms with van der Waals surface area (Å²) in [6, 6.07) is 12.1. The molecule has 1 heterocycles. The minimum Gasteiger partial charge on any atom is -0.481 e. The van der Waals surface area contributed by atoms with Crippen molar-refractivity contribution >= 4 is 76.3 Å². The molecule has 25 heteroatoms. The van der Waals surface area contributed by atoms with Crippen LogP contribution in [0.15, 0.2) is 48.5 Å². The van der Waals surface area contributed by atoms with E-state index in [2.05, 4.69) is 21.3 Å². The van der Waals surface area contributed by atoms with Gasteiger partial charge in [0, 0.05) is 89.5 Å². The van der Waals surface area contributed by atoms with Gasteiger partial charge in [-0.3, -0.25) is 53.2 Å². The number of anilines is 1. The average molecular weight is 1110 g/mol. The lowest BCUT2D eigenvalue weighted by Gasteiger charge is -2.38. The molecule has 2 aromatic carbocycles. The van der Waals surface area contributed by atoms with E-state index in [-0.39, 0.29) is 69.2 Å². The normalized spacial score (nSPS) is 18.9. The molecular weight excluding hydrogens is 1030 g/mol. The fourth-order valence-electron chi connectivity index (χ4n) is 9.84. The molecular formula is C53H81N13O11S. The lowest BCUT2D eigenvalue weighted by Crippen LogP contribution is -2.54. The highest BCUT2D eigenvalue weighted by Gasteiger charge is 2.31. The van der Waals surface area contributed by atoms with E-state index < -0.39 is 59.5 Å². The Bertz CT molecular complexity index is 2360. The Morgan fingerprint density at radius 3 is 1.77 bits per heavy atom. The molecule has 2 aromatic rings. The molecule has 4 rings (SSSR count). The van der Waals surface area contributed by atoms with Crippen LogP contribution in [0.25, 0.3) is 0 Å². The van der Waals surface area contributed by atoms with Crippen LogP contribution in [0.3, 0.4) is 0 Å². The van der Waals surface area contributed by atoms with E-state index in [1.54, 1.807) is 0 Å². The summed E-state index contributed by atoms with van der Waals surface area (Å²) in [6.45, 7) is 6.98. The Balaban J connectivity index is 1.33. The number of hydrogen-bond acceptors (Lipinski definition) is 14. The molecule has 0 bridgehead atoms. The molecule has 1 saturated heterocycles. The highest BCUT2D eigenvalue weighted by atomic mass is 32.1. The summed E-state index contributed by atoms with van der Waals surface area (Å²) in [5.74, 6) is -4.86. The molecule has 7 amide bonds. The number of carboxylic acids is 2. The SMILES string of the molecule is CC(=O)[C@@H](CCC(=O)O)NC(=O)N[C@H](CCCCN(Cc1ccc(C)cc1)C(=O)C1CCC(CNC(=S)Nc2ccc(CC3CN(CC(N)=O)CCN(CC(N)=O)CCN(CC(N)=O)CCN3CC(N)=O)cc2)CC1)C(=O)O. The van der Waals surface area contributed by atoms with E-state index in [1.807, 2.05) is 80.0 Å². The Morgan fingerprint density at radius 2 is 1.22 bits per heavy atom. The van der Waals surface area contributed by atoms with Crippen molar-refractivity contribution in [2.75, 3.05) is 90.4 Å². The number of carboxylic acid groups (broad SMARTS) is 2. The van der Waals surface area contributed by atoms with Crippen molar-refractivity contribution in [3.05, 3.63) is 65.2 Å². The van der Waals surface area contributed by atoms with Crippen LogP contribution in [-0.4, -0.2) is 196 Å². The largest absolute Gasteiger partial charge is 0.481 e. The number of nitrogens with one attached hydrogen (secondary N) is 4. The third-order valence-electron chi connectivity index (χ3n) is 14.1. The first kappa shape index (κ1) is 63.7. The van der Waals surface area contributed by atoms with Gasteiger partial charge < -0.3 is 59.3 Å². The quantitative estimate of drug-likeness (QED) is 0.0394. The number of nitrogens with zero attached hydrogens (tertiary/aromatic N) is 5. The second kappa shape index (κ2) is 32.8. The molecule has 2 aliphatic rings. The number of aryl methyl sites for hydroxylation is 1. The van der Waals surface area contributed by atoms with E-state index >= 15 is 0 Å². The van der Waals surface area contributed by atoms with Gasteiger partial charge in [-0.15, -0.1) is 0 Å². The molecule has 3 atom stereocenters. The number of aliphatic carboxylic acids is 2. The number of urea groups is 1. The monoisotopic (exact) mass is 1110 g/mol. The van der Waals surface area contributed by atoms with Gasteiger partial charge in [-0.25, -0.2) is 9.59 Å². The maximum Gasteiger partial charge on any atom is 0.326 e. The number of primary amides is 4. The predicted molar refractivity (Wildman–Crippen MR) is 296 cm³/mol. The zero-order valence-electron chi connectivity index (χ0n) is 45.0. The van der Waals surface area contributed by atoms with Crippen molar-refractivity contribution in [3.8, 4) is 0 Å². The van der Waals surface area contributed by atoms with Gasteiger partial charge in [-0.2, -0.15) is 0 Å². The van der Waals surface area contributed by atoms with Crippen molar-refractivity contribution in [3.63, 3.8) is 0 Å². The maximum absolute atomic E-state index is 14.2. The molecule has 14 N–H and O–H groups in total. The van der Waals surface area contributed by atoms with Gasteiger partial charge in [-0.1, -0.05) is 42.0 Å². The van der Waals surface area contributed by atoms with Crippen LogP contribution in [0.4, 0.5) is 10.5 Å². The highest BCUT2D eigenvalue weighted by Crippen LogP contribution is 2.31. The Hall–Kier alpha value is -6.80. The summed E-state index contributed by atoms with van der Waals surface area (Å²) in [7, 11) is 0. The summed E-state index contributed by atoms with van der Waals surface area (Å²) >= 11 is 5.70. The highest BCUT2D eigenvalue weighted by molar-refractivity contribution is 7.80. The second-order valence-electron chi connectivity index (χ2n) is 20.6. The lowest BCUT2D eigenvalue weighted by atomic mass is 9.81. The van der Waals surface area contributed by atoms with Gasteiger partial charge in [0.05, 0.1) is 32.2 Å². The average Bonchev–Trinajstić information content (AvgIpc) is 3.37. The first-order valence-electron chi connectivity index (χ1n) is 26.6. The zero-order chi connectivity index (χ0) is 57.3. The van der Waals surface area contributed by atoms with Crippen LogP contribution in [0.1, 0.15) is 81.4 Å². The Labute approximate surface area is 461 Å².